The Morgan fingerprint density at radius 1 is 1.25 bits per heavy atom. The molecule has 1 fully saturated rings. The first kappa shape index (κ1) is 14.8. The maximum atomic E-state index is 12.1. The highest BCUT2D eigenvalue weighted by atomic mass is 16.1. The highest BCUT2D eigenvalue weighted by molar-refractivity contribution is 5.92. The third-order valence-corrected chi connectivity index (χ3v) is 4.29. The fourth-order valence-electron chi connectivity index (χ4n) is 2.87. The van der Waals surface area contributed by atoms with Crippen molar-refractivity contribution in [2.75, 3.05) is 18.4 Å². The van der Waals surface area contributed by atoms with Crippen molar-refractivity contribution < 1.29 is 4.79 Å². The molecule has 0 aliphatic heterocycles. The quantitative estimate of drug-likeness (QED) is 0.838. The van der Waals surface area contributed by atoms with Gasteiger partial charge in [-0.1, -0.05) is 19.8 Å². The van der Waals surface area contributed by atoms with E-state index in [4.69, 9.17) is 0 Å². The monoisotopic (exact) mass is 276 g/mol. The molecule has 1 aromatic rings. The highest BCUT2D eigenvalue weighted by Gasteiger charge is 2.32. The fourth-order valence-corrected chi connectivity index (χ4v) is 2.87. The zero-order valence-electron chi connectivity index (χ0n) is 12.4. The van der Waals surface area contributed by atoms with Crippen LogP contribution < -0.4 is 10.6 Å². The van der Waals surface area contributed by atoms with E-state index >= 15 is 0 Å². The number of nitrogens with one attached hydrogen (secondary N) is 2. The van der Waals surface area contributed by atoms with Crippen LogP contribution in [0.25, 0.3) is 0 Å². The predicted molar refractivity (Wildman–Crippen MR) is 79.7 cm³/mol. The van der Waals surface area contributed by atoms with Crippen LogP contribution in [0.15, 0.2) is 12.1 Å². The van der Waals surface area contributed by atoms with Gasteiger partial charge in [0.1, 0.15) is 5.82 Å². The summed E-state index contributed by atoms with van der Waals surface area (Å²) in [5.74, 6) is 0.574. The number of amides is 1. The van der Waals surface area contributed by atoms with Crippen LogP contribution in [-0.4, -0.2) is 29.2 Å². The van der Waals surface area contributed by atoms with Gasteiger partial charge < -0.3 is 10.6 Å². The molecule has 0 spiro atoms. The second-order valence-corrected chi connectivity index (χ2v) is 5.58. The van der Waals surface area contributed by atoms with Crippen molar-refractivity contribution in [3.8, 4) is 0 Å². The molecule has 1 amide bonds. The van der Waals surface area contributed by atoms with E-state index < -0.39 is 0 Å². The first-order valence-electron chi connectivity index (χ1n) is 7.55. The van der Waals surface area contributed by atoms with E-state index in [9.17, 15) is 4.79 Å². The Morgan fingerprint density at radius 2 is 2.00 bits per heavy atom. The molecule has 0 unspecified atom stereocenters. The molecular weight excluding hydrogens is 252 g/mol. The Labute approximate surface area is 120 Å². The van der Waals surface area contributed by atoms with Crippen molar-refractivity contribution in [3.63, 3.8) is 0 Å². The van der Waals surface area contributed by atoms with Crippen LogP contribution in [0.4, 0.5) is 5.82 Å². The minimum Gasteiger partial charge on any atom is -0.369 e. The third kappa shape index (κ3) is 3.46. The SMILES string of the molecule is CCNc1ccc(C(=O)NCC2(CC)CCCC2)nn1. The minimum atomic E-state index is -0.125. The maximum Gasteiger partial charge on any atom is 0.271 e. The average Bonchev–Trinajstić information content (AvgIpc) is 2.95. The van der Waals surface area contributed by atoms with E-state index in [1.165, 1.54) is 25.7 Å². The standard InChI is InChI=1S/C15H24N4O/c1-3-15(9-5-6-10-15)11-17-14(20)12-7-8-13(16-4-2)19-18-12/h7-8H,3-6,9-11H2,1-2H3,(H,16,19)(H,17,20). The van der Waals surface area contributed by atoms with E-state index in [0.29, 0.717) is 16.9 Å². The van der Waals surface area contributed by atoms with Crippen molar-refractivity contribution in [2.45, 2.75) is 46.0 Å². The van der Waals surface area contributed by atoms with E-state index in [2.05, 4.69) is 27.8 Å². The van der Waals surface area contributed by atoms with Gasteiger partial charge in [0.15, 0.2) is 5.69 Å². The van der Waals surface area contributed by atoms with E-state index in [0.717, 1.165) is 19.5 Å². The molecule has 5 nitrogen and oxygen atoms in total. The Balaban J connectivity index is 1.91. The van der Waals surface area contributed by atoms with Gasteiger partial charge in [-0.25, -0.2) is 0 Å². The zero-order valence-corrected chi connectivity index (χ0v) is 12.4. The average molecular weight is 276 g/mol. The lowest BCUT2D eigenvalue weighted by Gasteiger charge is -2.27. The Kier molecular flexibility index (Phi) is 4.93. The number of hydrogen-bond donors (Lipinski definition) is 2. The molecule has 0 saturated heterocycles. The predicted octanol–water partition coefficient (Wildman–Crippen LogP) is 2.61. The summed E-state index contributed by atoms with van der Waals surface area (Å²) in [6.07, 6.45) is 6.11. The van der Waals surface area contributed by atoms with Crippen LogP contribution >= 0.6 is 0 Å². The molecule has 0 atom stereocenters. The van der Waals surface area contributed by atoms with Gasteiger partial charge in [-0.2, -0.15) is 0 Å². The third-order valence-electron chi connectivity index (χ3n) is 4.29. The molecule has 1 heterocycles. The summed E-state index contributed by atoms with van der Waals surface area (Å²) in [6.45, 7) is 5.74. The van der Waals surface area contributed by atoms with Gasteiger partial charge >= 0.3 is 0 Å². The van der Waals surface area contributed by atoms with Crippen molar-refractivity contribution >= 4 is 11.7 Å². The van der Waals surface area contributed by atoms with Crippen LogP contribution in [0.2, 0.25) is 0 Å². The first-order chi connectivity index (χ1) is 9.69. The lowest BCUT2D eigenvalue weighted by Crippen LogP contribution is -2.36. The Hall–Kier alpha value is -1.65. The van der Waals surface area contributed by atoms with Crippen molar-refractivity contribution in [1.29, 1.82) is 0 Å². The van der Waals surface area contributed by atoms with Gasteiger partial charge in [0.25, 0.3) is 5.91 Å². The Bertz CT molecular complexity index is 438. The lowest BCUT2D eigenvalue weighted by atomic mass is 9.83. The Morgan fingerprint density at radius 3 is 2.55 bits per heavy atom. The molecule has 0 aromatic carbocycles. The topological polar surface area (TPSA) is 66.9 Å². The number of anilines is 1. The van der Waals surface area contributed by atoms with Gasteiger partial charge in [-0.3, -0.25) is 4.79 Å². The number of hydrogen-bond acceptors (Lipinski definition) is 4. The molecule has 1 aliphatic rings. The molecular formula is C15H24N4O. The van der Waals surface area contributed by atoms with Gasteiger partial charge in [0.2, 0.25) is 0 Å². The van der Waals surface area contributed by atoms with Gasteiger partial charge in [0, 0.05) is 13.1 Å². The van der Waals surface area contributed by atoms with Crippen LogP contribution in [0.5, 0.6) is 0 Å². The summed E-state index contributed by atoms with van der Waals surface area (Å²) in [6, 6.07) is 3.50. The van der Waals surface area contributed by atoms with Crippen LogP contribution in [0.1, 0.15) is 56.4 Å². The second kappa shape index (κ2) is 6.68. The summed E-state index contributed by atoms with van der Waals surface area (Å²) in [7, 11) is 0. The number of carbonyl (C=O) groups excluding carboxylic acids is 1. The minimum absolute atomic E-state index is 0.125. The molecule has 0 bridgehead atoms. The van der Waals surface area contributed by atoms with Crippen LogP contribution in [-0.2, 0) is 0 Å². The summed E-state index contributed by atoms with van der Waals surface area (Å²) < 4.78 is 0. The summed E-state index contributed by atoms with van der Waals surface area (Å²) in [5, 5.41) is 14.0. The van der Waals surface area contributed by atoms with E-state index in [-0.39, 0.29) is 5.91 Å². The maximum absolute atomic E-state index is 12.1. The van der Waals surface area contributed by atoms with Crippen LogP contribution in [0.3, 0.4) is 0 Å². The summed E-state index contributed by atoms with van der Waals surface area (Å²) in [5.41, 5.74) is 0.684. The van der Waals surface area contributed by atoms with Gasteiger partial charge in [0.05, 0.1) is 0 Å². The smallest absolute Gasteiger partial charge is 0.271 e. The van der Waals surface area contributed by atoms with Gasteiger partial charge in [-0.15, -0.1) is 10.2 Å². The fraction of sp³-hybridized carbons (Fsp3) is 0.667. The second-order valence-electron chi connectivity index (χ2n) is 5.58. The number of carbonyl (C=O) groups is 1. The number of nitrogens with zero attached hydrogens (tertiary/aromatic N) is 2. The van der Waals surface area contributed by atoms with Crippen molar-refractivity contribution in [1.82, 2.24) is 15.5 Å². The molecule has 1 aliphatic carbocycles. The van der Waals surface area contributed by atoms with Crippen LogP contribution in [0, 0.1) is 5.41 Å². The molecule has 2 rings (SSSR count). The highest BCUT2D eigenvalue weighted by Crippen LogP contribution is 2.40. The summed E-state index contributed by atoms with van der Waals surface area (Å²) >= 11 is 0. The van der Waals surface area contributed by atoms with Crippen molar-refractivity contribution in [3.05, 3.63) is 17.8 Å². The van der Waals surface area contributed by atoms with Crippen molar-refractivity contribution in [2.24, 2.45) is 5.41 Å². The molecule has 2 N–H and O–H groups in total. The molecule has 20 heavy (non-hydrogen) atoms. The molecule has 0 radical (unpaired) electrons. The van der Waals surface area contributed by atoms with E-state index in [1.807, 2.05) is 6.92 Å². The number of rotatable bonds is 6. The first-order valence-corrected chi connectivity index (χ1v) is 7.55. The van der Waals surface area contributed by atoms with Gasteiger partial charge in [-0.05, 0) is 43.7 Å². The molecule has 1 aromatic heterocycles. The normalized spacial score (nSPS) is 16.9. The number of aromatic nitrogens is 2. The van der Waals surface area contributed by atoms with E-state index in [1.54, 1.807) is 12.1 Å². The molecule has 1 saturated carbocycles. The molecule has 110 valence electrons. The molecule has 5 heteroatoms. The summed E-state index contributed by atoms with van der Waals surface area (Å²) in [4.78, 5) is 12.1. The zero-order chi connectivity index (χ0) is 14.4. The largest absolute Gasteiger partial charge is 0.369 e. The lowest BCUT2D eigenvalue weighted by molar-refractivity contribution is 0.0923.